The van der Waals surface area contributed by atoms with Crippen LogP contribution in [0.3, 0.4) is 0 Å². The van der Waals surface area contributed by atoms with Crippen LogP contribution in [0.1, 0.15) is 25.0 Å². The van der Waals surface area contributed by atoms with Crippen LogP contribution in [0.25, 0.3) is 5.69 Å². The minimum absolute atomic E-state index is 0.393. The van der Waals surface area contributed by atoms with Gasteiger partial charge < -0.3 is 10.8 Å². The first kappa shape index (κ1) is 15.3. The normalized spacial score (nSPS) is 12.2. The standard InChI is InChI=1S/C16H21N3O2/c17-10-5-4-6-13(16(20)21)12-14-9-11-19(18-14)15-7-2-1-3-8-15/h1-3,7-9,11,13H,4-6,10,12,17H2,(H,20,21). The number of carboxylic acids is 1. The Morgan fingerprint density at radius 1 is 1.24 bits per heavy atom. The van der Waals surface area contributed by atoms with Crippen molar-refractivity contribution in [2.24, 2.45) is 11.7 Å². The summed E-state index contributed by atoms with van der Waals surface area (Å²) < 4.78 is 1.77. The summed E-state index contributed by atoms with van der Waals surface area (Å²) >= 11 is 0. The number of hydrogen-bond acceptors (Lipinski definition) is 3. The molecule has 112 valence electrons. The fourth-order valence-electron chi connectivity index (χ4n) is 2.30. The molecule has 21 heavy (non-hydrogen) atoms. The van der Waals surface area contributed by atoms with Gasteiger partial charge in [-0.2, -0.15) is 5.10 Å². The number of carbonyl (C=O) groups is 1. The van der Waals surface area contributed by atoms with Gasteiger partial charge in [0.05, 0.1) is 17.3 Å². The van der Waals surface area contributed by atoms with E-state index >= 15 is 0 Å². The Kier molecular flexibility index (Phi) is 5.51. The van der Waals surface area contributed by atoms with E-state index in [0.717, 1.165) is 24.2 Å². The molecular formula is C16H21N3O2. The van der Waals surface area contributed by atoms with Crippen molar-refractivity contribution in [3.63, 3.8) is 0 Å². The number of para-hydroxylation sites is 1. The van der Waals surface area contributed by atoms with Crippen molar-refractivity contribution < 1.29 is 9.90 Å². The molecule has 0 saturated carbocycles. The first-order valence-electron chi connectivity index (χ1n) is 7.23. The van der Waals surface area contributed by atoms with Crippen LogP contribution in [-0.4, -0.2) is 27.4 Å². The molecule has 0 bridgehead atoms. The highest BCUT2D eigenvalue weighted by Crippen LogP contribution is 2.16. The maximum Gasteiger partial charge on any atom is 0.306 e. The Labute approximate surface area is 124 Å². The van der Waals surface area contributed by atoms with E-state index in [9.17, 15) is 9.90 Å². The lowest BCUT2D eigenvalue weighted by molar-refractivity contribution is -0.142. The maximum absolute atomic E-state index is 11.3. The van der Waals surface area contributed by atoms with E-state index in [0.29, 0.717) is 19.4 Å². The Morgan fingerprint density at radius 2 is 2.00 bits per heavy atom. The van der Waals surface area contributed by atoms with Gasteiger partial charge in [-0.05, 0) is 37.6 Å². The van der Waals surface area contributed by atoms with Gasteiger partial charge in [0.25, 0.3) is 0 Å². The topological polar surface area (TPSA) is 81.1 Å². The first-order chi connectivity index (χ1) is 10.2. The van der Waals surface area contributed by atoms with Crippen molar-refractivity contribution in [1.29, 1.82) is 0 Å². The number of aliphatic carboxylic acids is 1. The number of rotatable bonds is 8. The van der Waals surface area contributed by atoms with Crippen molar-refractivity contribution in [1.82, 2.24) is 9.78 Å². The molecule has 5 heteroatoms. The molecule has 1 unspecified atom stereocenters. The quantitative estimate of drug-likeness (QED) is 0.730. The molecule has 5 nitrogen and oxygen atoms in total. The van der Waals surface area contributed by atoms with Gasteiger partial charge in [0.15, 0.2) is 0 Å². The summed E-state index contributed by atoms with van der Waals surface area (Å²) in [7, 11) is 0. The van der Waals surface area contributed by atoms with Crippen LogP contribution in [0, 0.1) is 5.92 Å². The molecule has 2 rings (SSSR count). The number of aromatic nitrogens is 2. The zero-order chi connectivity index (χ0) is 15.1. The molecule has 1 atom stereocenters. The predicted octanol–water partition coefficient (Wildman–Crippen LogP) is 2.24. The van der Waals surface area contributed by atoms with Crippen molar-refractivity contribution in [3.05, 3.63) is 48.3 Å². The van der Waals surface area contributed by atoms with Crippen LogP contribution < -0.4 is 5.73 Å². The van der Waals surface area contributed by atoms with Crippen molar-refractivity contribution >= 4 is 5.97 Å². The van der Waals surface area contributed by atoms with E-state index in [1.165, 1.54) is 0 Å². The molecule has 0 amide bonds. The Morgan fingerprint density at radius 3 is 2.67 bits per heavy atom. The fourth-order valence-corrected chi connectivity index (χ4v) is 2.30. The van der Waals surface area contributed by atoms with Crippen LogP contribution in [0.5, 0.6) is 0 Å². The van der Waals surface area contributed by atoms with E-state index in [1.807, 2.05) is 42.6 Å². The highest BCUT2D eigenvalue weighted by Gasteiger charge is 2.18. The largest absolute Gasteiger partial charge is 0.481 e. The Balaban J connectivity index is 2.01. The molecule has 1 heterocycles. The van der Waals surface area contributed by atoms with Gasteiger partial charge in [0.2, 0.25) is 0 Å². The van der Waals surface area contributed by atoms with Crippen molar-refractivity contribution in [2.45, 2.75) is 25.7 Å². The van der Waals surface area contributed by atoms with Crippen LogP contribution in [0.15, 0.2) is 42.6 Å². The minimum atomic E-state index is -0.763. The molecule has 0 aliphatic heterocycles. The molecule has 0 radical (unpaired) electrons. The highest BCUT2D eigenvalue weighted by molar-refractivity contribution is 5.70. The summed E-state index contributed by atoms with van der Waals surface area (Å²) in [5.41, 5.74) is 7.22. The Bertz CT molecular complexity index is 566. The minimum Gasteiger partial charge on any atom is -0.481 e. The highest BCUT2D eigenvalue weighted by atomic mass is 16.4. The molecule has 0 fully saturated rings. The SMILES string of the molecule is NCCCCC(Cc1ccn(-c2ccccc2)n1)C(=O)O. The molecule has 1 aromatic carbocycles. The second-order valence-corrected chi connectivity index (χ2v) is 5.11. The van der Waals surface area contributed by atoms with Gasteiger partial charge in [-0.25, -0.2) is 4.68 Å². The summed E-state index contributed by atoms with van der Waals surface area (Å²) in [6, 6.07) is 11.7. The van der Waals surface area contributed by atoms with Crippen LogP contribution >= 0.6 is 0 Å². The van der Waals surface area contributed by atoms with Crippen LogP contribution in [0.2, 0.25) is 0 Å². The smallest absolute Gasteiger partial charge is 0.306 e. The third-order valence-electron chi connectivity index (χ3n) is 3.48. The maximum atomic E-state index is 11.3. The molecule has 0 aliphatic rings. The van der Waals surface area contributed by atoms with E-state index in [-0.39, 0.29) is 0 Å². The number of unbranched alkanes of at least 4 members (excludes halogenated alkanes) is 1. The van der Waals surface area contributed by atoms with Crippen molar-refractivity contribution in [2.75, 3.05) is 6.54 Å². The number of benzene rings is 1. The molecular weight excluding hydrogens is 266 g/mol. The van der Waals surface area contributed by atoms with Gasteiger partial charge in [-0.1, -0.05) is 24.6 Å². The lowest BCUT2D eigenvalue weighted by Crippen LogP contribution is -2.17. The van der Waals surface area contributed by atoms with Crippen LogP contribution in [-0.2, 0) is 11.2 Å². The number of nitrogens with zero attached hydrogens (tertiary/aromatic N) is 2. The Hall–Kier alpha value is -2.14. The molecule has 0 spiro atoms. The number of carboxylic acid groups (broad SMARTS) is 1. The third kappa shape index (κ3) is 4.43. The lowest BCUT2D eigenvalue weighted by Gasteiger charge is -2.10. The fraction of sp³-hybridized carbons (Fsp3) is 0.375. The van der Waals surface area contributed by atoms with Gasteiger partial charge in [0, 0.05) is 12.6 Å². The third-order valence-corrected chi connectivity index (χ3v) is 3.48. The molecule has 0 aliphatic carbocycles. The summed E-state index contributed by atoms with van der Waals surface area (Å²) in [5, 5.41) is 13.8. The average molecular weight is 287 g/mol. The zero-order valence-corrected chi connectivity index (χ0v) is 12.0. The van der Waals surface area contributed by atoms with Gasteiger partial charge in [-0.15, -0.1) is 0 Å². The number of nitrogens with two attached hydrogens (primary N) is 1. The summed E-state index contributed by atoms with van der Waals surface area (Å²) in [4.78, 5) is 11.3. The summed E-state index contributed by atoms with van der Waals surface area (Å²) in [6.07, 6.45) is 4.67. The van der Waals surface area contributed by atoms with Crippen molar-refractivity contribution in [3.8, 4) is 5.69 Å². The van der Waals surface area contributed by atoms with E-state index in [4.69, 9.17) is 5.73 Å². The molecule has 1 aromatic heterocycles. The van der Waals surface area contributed by atoms with E-state index < -0.39 is 11.9 Å². The number of hydrogen-bond donors (Lipinski definition) is 2. The second-order valence-electron chi connectivity index (χ2n) is 5.11. The second kappa shape index (κ2) is 7.59. The van der Waals surface area contributed by atoms with E-state index in [1.54, 1.807) is 4.68 Å². The molecule has 2 aromatic rings. The van der Waals surface area contributed by atoms with Gasteiger partial charge in [0.1, 0.15) is 0 Å². The van der Waals surface area contributed by atoms with E-state index in [2.05, 4.69) is 5.10 Å². The zero-order valence-electron chi connectivity index (χ0n) is 12.0. The predicted molar refractivity (Wildman–Crippen MR) is 81.3 cm³/mol. The monoisotopic (exact) mass is 287 g/mol. The average Bonchev–Trinajstić information content (AvgIpc) is 2.96. The lowest BCUT2D eigenvalue weighted by atomic mass is 9.97. The van der Waals surface area contributed by atoms with Crippen LogP contribution in [0.4, 0.5) is 0 Å². The first-order valence-corrected chi connectivity index (χ1v) is 7.23. The molecule has 3 N–H and O–H groups in total. The summed E-state index contributed by atoms with van der Waals surface area (Å²) in [5.74, 6) is -1.16. The van der Waals surface area contributed by atoms with Gasteiger partial charge in [-0.3, -0.25) is 4.79 Å². The summed E-state index contributed by atoms with van der Waals surface area (Å²) in [6.45, 7) is 0.606. The van der Waals surface area contributed by atoms with Gasteiger partial charge >= 0.3 is 5.97 Å². The molecule has 0 saturated heterocycles.